The number of benzene rings is 7. The minimum atomic E-state index is 0.550. The normalized spacial score (nSPS) is 11.1. The number of para-hydroxylation sites is 4. The van der Waals surface area contributed by atoms with Gasteiger partial charge in [-0.2, -0.15) is 10.5 Å². The molecule has 2 aromatic heterocycles. The second-order valence-electron chi connectivity index (χ2n) is 12.3. The van der Waals surface area contributed by atoms with Crippen molar-refractivity contribution >= 4 is 49.3 Å². The first-order valence-electron chi connectivity index (χ1n) is 16.3. The third kappa shape index (κ3) is 4.31. The van der Waals surface area contributed by atoms with Crippen LogP contribution in [0.4, 0.5) is 5.69 Å². The summed E-state index contributed by atoms with van der Waals surface area (Å²) in [7, 11) is 0. The van der Waals surface area contributed by atoms with E-state index in [1.165, 1.54) is 0 Å². The van der Waals surface area contributed by atoms with E-state index in [1.54, 1.807) is 0 Å². The molecule has 0 fully saturated rings. The predicted octanol–water partition coefficient (Wildman–Crippen LogP) is 11.5. The minimum Gasteiger partial charge on any atom is -0.309 e. The van der Waals surface area contributed by atoms with Crippen LogP contribution >= 0.6 is 0 Å². The van der Waals surface area contributed by atoms with Crippen LogP contribution in [0.1, 0.15) is 11.1 Å². The lowest BCUT2D eigenvalue weighted by molar-refractivity contribution is 1.18. The molecule has 0 spiro atoms. The average molecular weight is 636 g/mol. The average Bonchev–Trinajstić information content (AvgIpc) is 3.70. The van der Waals surface area contributed by atoms with Crippen LogP contribution in [0.2, 0.25) is 0 Å². The van der Waals surface area contributed by atoms with Gasteiger partial charge in [0.05, 0.1) is 51.5 Å². The van der Waals surface area contributed by atoms with Crippen LogP contribution in [0, 0.1) is 29.2 Å². The molecule has 0 N–H and O–H groups in total. The van der Waals surface area contributed by atoms with Gasteiger partial charge in [0.15, 0.2) is 5.69 Å². The molecular weight excluding hydrogens is 611 g/mol. The Hall–Kier alpha value is -7.39. The first kappa shape index (κ1) is 28.8. The van der Waals surface area contributed by atoms with Crippen molar-refractivity contribution in [2.75, 3.05) is 0 Å². The Morgan fingerprint density at radius 2 is 1.18 bits per heavy atom. The van der Waals surface area contributed by atoms with Crippen LogP contribution in [-0.4, -0.2) is 9.13 Å². The molecule has 0 saturated heterocycles. The quantitative estimate of drug-likeness (QED) is 0.181. The van der Waals surface area contributed by atoms with E-state index in [-0.39, 0.29) is 0 Å². The summed E-state index contributed by atoms with van der Waals surface area (Å²) in [5.74, 6) is 0. The Bertz CT molecular complexity index is 2970. The fourth-order valence-corrected chi connectivity index (χ4v) is 7.43. The lowest BCUT2D eigenvalue weighted by Gasteiger charge is -2.17. The molecule has 9 aromatic rings. The van der Waals surface area contributed by atoms with Gasteiger partial charge in [-0.15, -0.1) is 0 Å². The van der Waals surface area contributed by atoms with E-state index in [0.29, 0.717) is 16.8 Å². The van der Waals surface area contributed by atoms with Crippen molar-refractivity contribution < 1.29 is 0 Å². The topological polar surface area (TPSA) is 61.8 Å². The molecule has 0 aliphatic rings. The van der Waals surface area contributed by atoms with E-state index in [9.17, 15) is 10.5 Å². The molecule has 0 saturated carbocycles. The summed E-state index contributed by atoms with van der Waals surface area (Å²) in [5, 5.41) is 24.0. The van der Waals surface area contributed by atoms with E-state index in [0.717, 1.165) is 77.2 Å². The van der Waals surface area contributed by atoms with Gasteiger partial charge in [-0.1, -0.05) is 97.1 Å². The van der Waals surface area contributed by atoms with Crippen molar-refractivity contribution in [3.63, 3.8) is 0 Å². The molecule has 0 unspecified atom stereocenters. The summed E-state index contributed by atoms with van der Waals surface area (Å²) >= 11 is 0. The molecule has 2 heterocycles. The molecule has 230 valence electrons. The van der Waals surface area contributed by atoms with E-state index < -0.39 is 0 Å². The summed E-state index contributed by atoms with van der Waals surface area (Å²) in [6.07, 6.45) is 0. The summed E-state index contributed by atoms with van der Waals surface area (Å²) < 4.78 is 4.41. The number of fused-ring (bicyclic) bond motifs is 6. The van der Waals surface area contributed by atoms with Gasteiger partial charge in [-0.05, 0) is 76.9 Å². The zero-order valence-corrected chi connectivity index (χ0v) is 26.7. The number of nitriles is 2. The van der Waals surface area contributed by atoms with Gasteiger partial charge >= 0.3 is 0 Å². The first-order chi connectivity index (χ1) is 24.7. The van der Waals surface area contributed by atoms with E-state index in [4.69, 9.17) is 6.57 Å². The maximum Gasteiger partial charge on any atom is 0.195 e. The monoisotopic (exact) mass is 635 g/mol. The fraction of sp³-hybridized carbons (Fsp3) is 0. The molecule has 0 aliphatic carbocycles. The highest BCUT2D eigenvalue weighted by molar-refractivity contribution is 6.12. The Labute approximate surface area is 288 Å². The van der Waals surface area contributed by atoms with E-state index in [2.05, 4.69) is 98.9 Å². The standard InChI is InChI=1S/C45H25N5/c1-48-40-22-21-31(30-10-8-12-33(25-30)49-41-17-5-4-15-36(41)39-24-29(27-46)20-23-44(39)49)26-38(40)35-14-3-7-19-43(35)50-42-18-6-2-13-34(42)37-16-9-11-32(28-47)45(37)50/h2-26H. The predicted molar refractivity (Wildman–Crippen MR) is 202 cm³/mol. The third-order valence-corrected chi connectivity index (χ3v) is 9.61. The minimum absolute atomic E-state index is 0.550. The van der Waals surface area contributed by atoms with Gasteiger partial charge in [0.2, 0.25) is 0 Å². The second kappa shape index (κ2) is 11.4. The number of nitrogens with zero attached hydrogens (tertiary/aromatic N) is 5. The first-order valence-corrected chi connectivity index (χ1v) is 16.3. The Morgan fingerprint density at radius 3 is 1.98 bits per heavy atom. The molecule has 9 rings (SSSR count). The molecule has 0 aliphatic heterocycles. The Morgan fingerprint density at radius 1 is 0.500 bits per heavy atom. The van der Waals surface area contributed by atoms with Crippen LogP contribution in [0.25, 0.3) is 82.1 Å². The van der Waals surface area contributed by atoms with Crippen LogP contribution < -0.4 is 0 Å². The largest absolute Gasteiger partial charge is 0.309 e. The molecule has 50 heavy (non-hydrogen) atoms. The molecular formula is C45H25N5. The summed E-state index contributed by atoms with van der Waals surface area (Å²) in [4.78, 5) is 3.96. The van der Waals surface area contributed by atoms with Gasteiger partial charge in [0.25, 0.3) is 0 Å². The molecule has 5 heteroatoms. The van der Waals surface area contributed by atoms with Crippen LogP contribution in [0.3, 0.4) is 0 Å². The highest BCUT2D eigenvalue weighted by Crippen LogP contribution is 2.42. The van der Waals surface area contributed by atoms with Gasteiger partial charge < -0.3 is 9.13 Å². The maximum atomic E-state index is 10.2. The molecule has 0 bridgehead atoms. The Balaban J connectivity index is 1.25. The molecule has 5 nitrogen and oxygen atoms in total. The van der Waals surface area contributed by atoms with Gasteiger partial charge in [0.1, 0.15) is 6.07 Å². The van der Waals surface area contributed by atoms with Gasteiger partial charge in [-0.3, -0.25) is 0 Å². The Kier molecular flexibility index (Phi) is 6.56. The summed E-state index contributed by atoms with van der Waals surface area (Å²) in [6, 6.07) is 55.5. The highest BCUT2D eigenvalue weighted by atomic mass is 15.0. The van der Waals surface area contributed by atoms with Crippen LogP contribution in [-0.2, 0) is 0 Å². The molecule has 0 amide bonds. The lowest BCUT2D eigenvalue weighted by atomic mass is 9.96. The molecule has 0 radical (unpaired) electrons. The van der Waals surface area contributed by atoms with Crippen molar-refractivity contribution in [3.05, 3.63) is 174 Å². The second-order valence-corrected chi connectivity index (χ2v) is 12.3. The molecule has 0 atom stereocenters. The van der Waals surface area contributed by atoms with Crippen LogP contribution in [0.5, 0.6) is 0 Å². The van der Waals surface area contributed by atoms with Crippen molar-refractivity contribution in [2.45, 2.75) is 0 Å². The van der Waals surface area contributed by atoms with Gasteiger partial charge in [0, 0.05) is 27.2 Å². The number of hydrogen-bond donors (Lipinski definition) is 0. The molecule has 7 aromatic carbocycles. The van der Waals surface area contributed by atoms with Crippen molar-refractivity contribution in [2.24, 2.45) is 0 Å². The van der Waals surface area contributed by atoms with Crippen molar-refractivity contribution in [3.8, 4) is 45.8 Å². The van der Waals surface area contributed by atoms with Gasteiger partial charge in [-0.25, -0.2) is 4.85 Å². The smallest absolute Gasteiger partial charge is 0.195 e. The van der Waals surface area contributed by atoms with Crippen molar-refractivity contribution in [1.82, 2.24) is 9.13 Å². The van der Waals surface area contributed by atoms with Crippen LogP contribution in [0.15, 0.2) is 152 Å². The van der Waals surface area contributed by atoms with Crippen molar-refractivity contribution in [1.29, 1.82) is 10.5 Å². The number of aromatic nitrogens is 2. The third-order valence-electron chi connectivity index (χ3n) is 9.61. The zero-order chi connectivity index (χ0) is 33.8. The zero-order valence-electron chi connectivity index (χ0n) is 26.7. The number of rotatable bonds is 4. The number of hydrogen-bond acceptors (Lipinski definition) is 2. The maximum absolute atomic E-state index is 10.2. The SMILES string of the molecule is [C-]#[N+]c1ccc(-c2cccc(-n3c4ccccc4c4cc(C#N)ccc43)c2)cc1-c1ccccc1-n1c2ccccc2c2cccc(C#N)c21. The van der Waals surface area contributed by atoms with E-state index >= 15 is 0 Å². The summed E-state index contributed by atoms with van der Waals surface area (Å²) in [5.41, 5.74) is 11.4. The highest BCUT2D eigenvalue weighted by Gasteiger charge is 2.20. The lowest BCUT2D eigenvalue weighted by Crippen LogP contribution is -1.99. The summed E-state index contributed by atoms with van der Waals surface area (Å²) in [6.45, 7) is 8.14. The van der Waals surface area contributed by atoms with E-state index in [1.807, 2.05) is 78.9 Å². The fourth-order valence-electron chi connectivity index (χ4n) is 7.43.